The van der Waals surface area contributed by atoms with Crippen LogP contribution in [0, 0.1) is 0 Å². The summed E-state index contributed by atoms with van der Waals surface area (Å²) in [5.74, 6) is 0.152. The average molecular weight is 281 g/mol. The molecule has 2 rings (SSSR count). The van der Waals surface area contributed by atoms with Crippen LogP contribution in [0.4, 0.5) is 5.13 Å². The summed E-state index contributed by atoms with van der Waals surface area (Å²) in [6.45, 7) is 11.3. The van der Waals surface area contributed by atoms with E-state index in [-0.39, 0.29) is 5.78 Å². The summed E-state index contributed by atoms with van der Waals surface area (Å²) in [5, 5.41) is 1.03. The van der Waals surface area contributed by atoms with Crippen LogP contribution in [0.3, 0.4) is 0 Å². The van der Waals surface area contributed by atoms with Crippen LogP contribution in [0.5, 0.6) is 0 Å². The van der Waals surface area contributed by atoms with E-state index in [4.69, 9.17) is 4.98 Å². The molecule has 5 heteroatoms. The van der Waals surface area contributed by atoms with Crippen molar-refractivity contribution in [2.75, 3.05) is 37.6 Å². The molecular weight excluding hydrogens is 258 g/mol. The lowest BCUT2D eigenvalue weighted by Crippen LogP contribution is -2.46. The zero-order valence-corrected chi connectivity index (χ0v) is 12.9. The van der Waals surface area contributed by atoms with Gasteiger partial charge in [-0.05, 0) is 13.0 Å². The normalized spacial score (nSPS) is 16.9. The quantitative estimate of drug-likeness (QED) is 0.777. The first-order valence-corrected chi connectivity index (χ1v) is 7.95. The van der Waals surface area contributed by atoms with Gasteiger partial charge in [0.25, 0.3) is 0 Å². The predicted octanol–water partition coefficient (Wildman–Crippen LogP) is 2.44. The van der Waals surface area contributed by atoms with Crippen LogP contribution in [0.15, 0.2) is 0 Å². The first-order chi connectivity index (χ1) is 9.15. The minimum atomic E-state index is 0.152. The summed E-state index contributed by atoms with van der Waals surface area (Å²) in [7, 11) is 0. The second-order valence-electron chi connectivity index (χ2n) is 5.00. The van der Waals surface area contributed by atoms with Crippen molar-refractivity contribution >= 4 is 22.3 Å². The number of hydrogen-bond donors (Lipinski definition) is 0. The largest absolute Gasteiger partial charge is 0.346 e. The van der Waals surface area contributed by atoms with Gasteiger partial charge in [-0.25, -0.2) is 4.98 Å². The van der Waals surface area contributed by atoms with Gasteiger partial charge in [0, 0.05) is 33.1 Å². The van der Waals surface area contributed by atoms with E-state index in [2.05, 4.69) is 23.6 Å². The van der Waals surface area contributed by atoms with E-state index in [0.29, 0.717) is 0 Å². The van der Waals surface area contributed by atoms with Gasteiger partial charge in [-0.15, -0.1) is 0 Å². The molecule has 0 aromatic carbocycles. The van der Waals surface area contributed by atoms with Gasteiger partial charge in [0.1, 0.15) is 0 Å². The van der Waals surface area contributed by atoms with Crippen LogP contribution in [0.25, 0.3) is 0 Å². The molecule has 4 nitrogen and oxygen atoms in total. The second kappa shape index (κ2) is 6.48. The van der Waals surface area contributed by atoms with Crippen LogP contribution in [0.2, 0.25) is 0 Å². The second-order valence-corrected chi connectivity index (χ2v) is 5.98. The van der Waals surface area contributed by atoms with E-state index in [1.165, 1.54) is 0 Å². The summed E-state index contributed by atoms with van der Waals surface area (Å²) in [6, 6.07) is 0. The fourth-order valence-electron chi connectivity index (χ4n) is 2.41. The molecule has 0 radical (unpaired) electrons. The number of ketones is 1. The molecule has 0 aliphatic carbocycles. The Hall–Kier alpha value is -0.940. The van der Waals surface area contributed by atoms with Gasteiger partial charge >= 0.3 is 0 Å². The topological polar surface area (TPSA) is 36.4 Å². The zero-order valence-electron chi connectivity index (χ0n) is 12.1. The SMILES string of the molecule is CCCc1nc(N2CCN(CC)CC2)sc1C(C)=O. The highest BCUT2D eigenvalue weighted by Gasteiger charge is 2.21. The van der Waals surface area contributed by atoms with Crippen LogP contribution < -0.4 is 4.90 Å². The van der Waals surface area contributed by atoms with E-state index in [1.807, 2.05) is 0 Å². The third kappa shape index (κ3) is 3.34. The smallest absolute Gasteiger partial charge is 0.186 e. The Balaban J connectivity index is 2.12. The van der Waals surface area contributed by atoms with Crippen LogP contribution in [-0.4, -0.2) is 48.4 Å². The Labute approximate surface area is 119 Å². The van der Waals surface area contributed by atoms with Gasteiger partial charge < -0.3 is 9.80 Å². The van der Waals surface area contributed by atoms with Crippen molar-refractivity contribution in [2.45, 2.75) is 33.6 Å². The maximum atomic E-state index is 11.7. The number of aryl methyl sites for hydroxylation is 1. The number of nitrogens with zero attached hydrogens (tertiary/aromatic N) is 3. The molecule has 1 aromatic rings. The number of carbonyl (C=O) groups is 1. The number of Topliss-reactive ketones (excluding diaryl/α,β-unsaturated/α-hetero) is 1. The molecule has 0 unspecified atom stereocenters. The molecule has 0 N–H and O–H groups in total. The number of thiazole rings is 1. The van der Waals surface area contributed by atoms with Crippen LogP contribution >= 0.6 is 11.3 Å². The summed E-state index contributed by atoms with van der Waals surface area (Å²) in [6.07, 6.45) is 1.94. The molecule has 1 aliphatic heterocycles. The van der Waals surface area contributed by atoms with Crippen molar-refractivity contribution in [1.29, 1.82) is 0 Å². The van der Waals surface area contributed by atoms with Crippen molar-refractivity contribution in [3.8, 4) is 0 Å². The van der Waals surface area contributed by atoms with Crippen LogP contribution in [0.1, 0.15) is 42.6 Å². The monoisotopic (exact) mass is 281 g/mol. The van der Waals surface area contributed by atoms with E-state index < -0.39 is 0 Å². The van der Waals surface area contributed by atoms with Crippen molar-refractivity contribution < 1.29 is 4.79 Å². The molecule has 1 aliphatic rings. The third-order valence-corrected chi connectivity index (χ3v) is 4.84. The third-order valence-electron chi connectivity index (χ3n) is 3.58. The van der Waals surface area contributed by atoms with Gasteiger partial charge in [0.2, 0.25) is 0 Å². The van der Waals surface area contributed by atoms with Crippen molar-refractivity contribution in [3.63, 3.8) is 0 Å². The molecule has 1 fully saturated rings. The number of piperazine rings is 1. The lowest BCUT2D eigenvalue weighted by Gasteiger charge is -2.33. The Morgan fingerprint density at radius 3 is 2.47 bits per heavy atom. The molecule has 0 atom stereocenters. The fourth-order valence-corrected chi connectivity index (χ4v) is 3.47. The molecule has 0 amide bonds. The highest BCUT2D eigenvalue weighted by molar-refractivity contribution is 7.17. The molecule has 2 heterocycles. The lowest BCUT2D eigenvalue weighted by atomic mass is 10.2. The molecule has 0 bridgehead atoms. The molecule has 1 aromatic heterocycles. The first kappa shape index (κ1) is 14.5. The van der Waals surface area contributed by atoms with Crippen LogP contribution in [-0.2, 0) is 6.42 Å². The highest BCUT2D eigenvalue weighted by Crippen LogP contribution is 2.28. The van der Waals surface area contributed by atoms with Gasteiger partial charge in [0.05, 0.1) is 10.6 Å². The number of rotatable bonds is 5. The molecule has 1 saturated heterocycles. The first-order valence-electron chi connectivity index (χ1n) is 7.13. The standard InChI is InChI=1S/C14H23N3OS/c1-4-6-12-13(11(3)18)19-14(15-12)17-9-7-16(5-2)8-10-17/h4-10H2,1-3H3. The fraction of sp³-hybridized carbons (Fsp3) is 0.714. The number of anilines is 1. The number of aromatic nitrogens is 1. The minimum absolute atomic E-state index is 0.152. The lowest BCUT2D eigenvalue weighted by molar-refractivity contribution is 0.102. The molecule has 0 saturated carbocycles. The molecule has 0 spiro atoms. The molecule has 106 valence electrons. The van der Waals surface area contributed by atoms with E-state index >= 15 is 0 Å². The van der Waals surface area contributed by atoms with Crippen molar-refractivity contribution in [3.05, 3.63) is 10.6 Å². The summed E-state index contributed by atoms with van der Waals surface area (Å²) < 4.78 is 0. The maximum Gasteiger partial charge on any atom is 0.186 e. The van der Waals surface area contributed by atoms with Gasteiger partial charge in [-0.1, -0.05) is 31.6 Å². The number of hydrogen-bond acceptors (Lipinski definition) is 5. The Morgan fingerprint density at radius 1 is 1.26 bits per heavy atom. The number of likely N-dealkylation sites (N-methyl/N-ethyl adjacent to an activating group) is 1. The summed E-state index contributed by atoms with van der Waals surface area (Å²) >= 11 is 1.57. The maximum absolute atomic E-state index is 11.7. The number of carbonyl (C=O) groups excluding carboxylic acids is 1. The Bertz CT molecular complexity index is 436. The van der Waals surface area contributed by atoms with E-state index in [0.717, 1.165) is 61.3 Å². The Morgan fingerprint density at radius 2 is 1.95 bits per heavy atom. The highest BCUT2D eigenvalue weighted by atomic mass is 32.1. The van der Waals surface area contributed by atoms with Crippen molar-refractivity contribution in [2.24, 2.45) is 0 Å². The molecule has 19 heavy (non-hydrogen) atoms. The van der Waals surface area contributed by atoms with Gasteiger partial charge in [-0.2, -0.15) is 0 Å². The minimum Gasteiger partial charge on any atom is -0.346 e. The zero-order chi connectivity index (χ0) is 13.8. The van der Waals surface area contributed by atoms with E-state index in [1.54, 1.807) is 18.3 Å². The molecular formula is C14H23N3OS. The summed E-state index contributed by atoms with van der Waals surface area (Å²) in [4.78, 5) is 22.0. The van der Waals surface area contributed by atoms with Crippen molar-refractivity contribution in [1.82, 2.24) is 9.88 Å². The predicted molar refractivity (Wildman–Crippen MR) is 80.4 cm³/mol. The summed E-state index contributed by atoms with van der Waals surface area (Å²) in [5.41, 5.74) is 0.993. The van der Waals surface area contributed by atoms with Gasteiger partial charge in [0.15, 0.2) is 10.9 Å². The average Bonchev–Trinajstić information content (AvgIpc) is 2.83. The van der Waals surface area contributed by atoms with Gasteiger partial charge in [-0.3, -0.25) is 4.79 Å². The Kier molecular flexibility index (Phi) is 4.93. The van der Waals surface area contributed by atoms with E-state index in [9.17, 15) is 4.79 Å².